The summed E-state index contributed by atoms with van der Waals surface area (Å²) < 4.78 is 5.53. The number of carbonyl (C=O) groups excluding carboxylic acids is 2. The number of nitrogens with one attached hydrogen (secondary N) is 3. The Kier molecular flexibility index (Phi) is 7.68. The second kappa shape index (κ2) is 11.2. The third kappa shape index (κ3) is 5.34. The van der Waals surface area contributed by atoms with Crippen molar-refractivity contribution in [2.45, 2.75) is 38.8 Å². The summed E-state index contributed by atoms with van der Waals surface area (Å²) in [6.45, 7) is 9.90. The summed E-state index contributed by atoms with van der Waals surface area (Å²) in [5.41, 5.74) is 2.69. The van der Waals surface area contributed by atoms with E-state index in [9.17, 15) is 9.59 Å². The fraction of sp³-hybridized carbons (Fsp3) is 0.414. The van der Waals surface area contributed by atoms with Gasteiger partial charge in [-0.15, -0.1) is 0 Å². The Hall–Kier alpha value is -4.09. The quantitative estimate of drug-likeness (QED) is 0.297. The zero-order valence-corrected chi connectivity index (χ0v) is 23.5. The molecule has 40 heavy (non-hydrogen) atoms. The molecule has 1 aromatic carbocycles. The van der Waals surface area contributed by atoms with Gasteiger partial charge in [-0.3, -0.25) is 9.89 Å². The number of nitrogens with zero attached hydrogens (tertiary/aromatic N) is 5. The summed E-state index contributed by atoms with van der Waals surface area (Å²) in [5, 5.41) is 15.5. The van der Waals surface area contributed by atoms with E-state index in [4.69, 9.17) is 4.74 Å². The summed E-state index contributed by atoms with van der Waals surface area (Å²) >= 11 is 0. The van der Waals surface area contributed by atoms with Gasteiger partial charge in [0.25, 0.3) is 0 Å². The first kappa shape index (κ1) is 27.5. The van der Waals surface area contributed by atoms with Crippen LogP contribution < -0.4 is 10.6 Å². The van der Waals surface area contributed by atoms with Crippen LogP contribution in [-0.4, -0.2) is 76.5 Å². The first-order valence-corrected chi connectivity index (χ1v) is 13.5. The Bertz CT molecular complexity index is 1470. The van der Waals surface area contributed by atoms with Crippen LogP contribution >= 0.6 is 0 Å². The highest BCUT2D eigenvalue weighted by Crippen LogP contribution is 2.42. The molecule has 0 saturated carbocycles. The van der Waals surface area contributed by atoms with Gasteiger partial charge in [0.1, 0.15) is 5.82 Å². The van der Waals surface area contributed by atoms with Crippen molar-refractivity contribution < 1.29 is 14.3 Å². The molecule has 1 saturated heterocycles. The van der Waals surface area contributed by atoms with Crippen molar-refractivity contribution in [2.75, 3.05) is 44.5 Å². The molecule has 2 aliphatic heterocycles. The standard InChI is InChI=1S/C29H36N8O3/c1-6-24(38)31-22-9-7-8-20-19(22)10-13-30-26(20)33-27-21-16-37(29(2,3)25(21)34-35-27)28(39)32-23(17-36(4)5)18-11-14-40-15-12-18/h6-10,13,18H,1,11-12,14-17H2,2-5H3,(H,31,38)(H2,30,33,34,35)/b32-23+. The lowest BCUT2D eigenvalue weighted by Gasteiger charge is -2.31. The molecule has 0 aliphatic carbocycles. The van der Waals surface area contributed by atoms with Crippen molar-refractivity contribution in [1.29, 1.82) is 0 Å². The van der Waals surface area contributed by atoms with Crippen LogP contribution in [0.3, 0.4) is 0 Å². The van der Waals surface area contributed by atoms with Gasteiger partial charge in [0.05, 0.1) is 17.8 Å². The number of anilines is 3. The predicted octanol–water partition coefficient (Wildman–Crippen LogP) is 4.43. The molecule has 0 radical (unpaired) electrons. The molecule has 0 spiro atoms. The van der Waals surface area contributed by atoms with Gasteiger partial charge in [-0.25, -0.2) is 14.8 Å². The average molecular weight is 545 g/mol. The maximum atomic E-state index is 13.6. The second-order valence-corrected chi connectivity index (χ2v) is 11.0. The third-order valence-corrected chi connectivity index (χ3v) is 7.60. The minimum Gasteiger partial charge on any atom is -0.381 e. The number of ether oxygens (including phenoxy) is 1. The molecule has 3 amide bonds. The topological polar surface area (TPSA) is 128 Å². The molecule has 4 heterocycles. The van der Waals surface area contributed by atoms with Crippen LogP contribution in [0, 0.1) is 5.92 Å². The average Bonchev–Trinajstić information content (AvgIpc) is 3.46. The maximum absolute atomic E-state index is 13.6. The summed E-state index contributed by atoms with van der Waals surface area (Å²) in [5.74, 6) is 1.14. The van der Waals surface area contributed by atoms with Gasteiger partial charge in [-0.1, -0.05) is 18.7 Å². The molecule has 5 rings (SSSR count). The lowest BCUT2D eigenvalue weighted by atomic mass is 9.94. The number of rotatable bonds is 7. The number of fused-ring (bicyclic) bond motifs is 2. The number of pyridine rings is 1. The molecule has 2 aromatic heterocycles. The number of carbonyl (C=O) groups is 2. The van der Waals surface area contributed by atoms with Crippen molar-refractivity contribution in [3.63, 3.8) is 0 Å². The number of urea groups is 1. The number of aliphatic imine (C=N–C) groups is 1. The van der Waals surface area contributed by atoms with Crippen molar-refractivity contribution >= 4 is 45.7 Å². The molecule has 0 bridgehead atoms. The number of aromatic amines is 1. The van der Waals surface area contributed by atoms with Gasteiger partial charge < -0.3 is 25.2 Å². The molecule has 2 aliphatic rings. The molecule has 11 heteroatoms. The van der Waals surface area contributed by atoms with E-state index in [1.807, 2.05) is 52.2 Å². The van der Waals surface area contributed by atoms with E-state index >= 15 is 0 Å². The van der Waals surface area contributed by atoms with E-state index < -0.39 is 5.54 Å². The van der Waals surface area contributed by atoms with E-state index in [0.717, 1.165) is 40.6 Å². The summed E-state index contributed by atoms with van der Waals surface area (Å²) in [6, 6.07) is 7.21. The van der Waals surface area contributed by atoms with Gasteiger partial charge >= 0.3 is 6.03 Å². The second-order valence-electron chi connectivity index (χ2n) is 11.0. The predicted molar refractivity (Wildman–Crippen MR) is 156 cm³/mol. The number of H-pyrrole nitrogens is 1. The van der Waals surface area contributed by atoms with Gasteiger partial charge in [0, 0.05) is 59.6 Å². The highest BCUT2D eigenvalue weighted by Gasteiger charge is 2.44. The smallest absolute Gasteiger partial charge is 0.344 e. The minimum absolute atomic E-state index is 0.237. The van der Waals surface area contributed by atoms with E-state index in [1.165, 1.54) is 6.08 Å². The van der Waals surface area contributed by atoms with Gasteiger partial charge in [-0.2, -0.15) is 5.10 Å². The van der Waals surface area contributed by atoms with Crippen LogP contribution in [0.4, 0.5) is 22.1 Å². The van der Waals surface area contributed by atoms with Crippen LogP contribution in [-0.2, 0) is 21.6 Å². The maximum Gasteiger partial charge on any atom is 0.344 e. The molecule has 1 fully saturated rings. The van der Waals surface area contributed by atoms with Gasteiger partial charge in [0.2, 0.25) is 5.91 Å². The molecule has 3 aromatic rings. The molecular formula is C29H36N8O3. The SMILES string of the molecule is C=CC(=O)Nc1cccc2c(Nc3n[nH]c4c3CN(C(=O)/N=C(\CN(C)C)C3CCOCC3)C4(C)C)nccc12. The number of hydrogen-bond acceptors (Lipinski definition) is 7. The Morgan fingerprint density at radius 3 is 2.73 bits per heavy atom. The molecule has 3 N–H and O–H groups in total. The number of hydrogen-bond donors (Lipinski definition) is 3. The molecule has 0 unspecified atom stereocenters. The number of aromatic nitrogens is 3. The van der Waals surface area contributed by atoms with Crippen molar-refractivity contribution in [1.82, 2.24) is 25.0 Å². The molecular weight excluding hydrogens is 508 g/mol. The van der Waals surface area contributed by atoms with Crippen LogP contribution in [0.5, 0.6) is 0 Å². The lowest BCUT2D eigenvalue weighted by Crippen LogP contribution is -2.41. The van der Waals surface area contributed by atoms with Crippen LogP contribution in [0.2, 0.25) is 0 Å². The Morgan fingerprint density at radius 2 is 2.00 bits per heavy atom. The first-order valence-electron chi connectivity index (χ1n) is 13.5. The fourth-order valence-electron chi connectivity index (χ4n) is 5.43. The zero-order chi connectivity index (χ0) is 28.4. The Labute approximate surface area is 233 Å². The van der Waals surface area contributed by atoms with E-state index in [1.54, 1.807) is 11.1 Å². The van der Waals surface area contributed by atoms with E-state index in [2.05, 4.69) is 42.3 Å². The van der Waals surface area contributed by atoms with Crippen molar-refractivity contribution in [2.24, 2.45) is 10.9 Å². The monoisotopic (exact) mass is 544 g/mol. The lowest BCUT2D eigenvalue weighted by molar-refractivity contribution is -0.111. The summed E-state index contributed by atoms with van der Waals surface area (Å²) in [4.78, 5) is 38.6. The van der Waals surface area contributed by atoms with Crippen molar-refractivity contribution in [3.8, 4) is 0 Å². The van der Waals surface area contributed by atoms with E-state index in [0.29, 0.717) is 43.6 Å². The highest BCUT2D eigenvalue weighted by molar-refractivity contribution is 6.08. The minimum atomic E-state index is -0.629. The Balaban J connectivity index is 1.42. The number of benzene rings is 1. The summed E-state index contributed by atoms with van der Waals surface area (Å²) in [7, 11) is 3.98. The number of amides is 3. The third-order valence-electron chi connectivity index (χ3n) is 7.60. The van der Waals surface area contributed by atoms with Crippen LogP contribution in [0.15, 0.2) is 48.1 Å². The van der Waals surface area contributed by atoms with Gasteiger partial charge in [0.15, 0.2) is 5.82 Å². The largest absolute Gasteiger partial charge is 0.381 e. The molecule has 0 atom stereocenters. The Morgan fingerprint density at radius 1 is 1.23 bits per heavy atom. The van der Waals surface area contributed by atoms with Crippen LogP contribution in [0.1, 0.15) is 37.9 Å². The molecule has 11 nitrogen and oxygen atoms in total. The zero-order valence-electron chi connectivity index (χ0n) is 23.5. The van der Waals surface area contributed by atoms with Crippen LogP contribution in [0.25, 0.3) is 10.8 Å². The first-order chi connectivity index (χ1) is 19.2. The van der Waals surface area contributed by atoms with Gasteiger partial charge in [-0.05, 0) is 59.0 Å². The normalized spacial score (nSPS) is 17.2. The van der Waals surface area contributed by atoms with Crippen molar-refractivity contribution in [3.05, 3.63) is 54.4 Å². The fourth-order valence-corrected chi connectivity index (χ4v) is 5.43. The molecule has 210 valence electrons. The van der Waals surface area contributed by atoms with E-state index in [-0.39, 0.29) is 17.9 Å². The highest BCUT2D eigenvalue weighted by atomic mass is 16.5. The summed E-state index contributed by atoms with van der Waals surface area (Å²) in [6.07, 6.45) is 4.66.